The molecule has 19 heavy (non-hydrogen) atoms. The van der Waals surface area contributed by atoms with Crippen molar-refractivity contribution >= 4 is 31.9 Å². The van der Waals surface area contributed by atoms with Gasteiger partial charge < -0.3 is 9.15 Å². The lowest BCUT2D eigenvalue weighted by atomic mass is 10.1. The number of esters is 1. The standard InChI is InChI=1S/C11H16BrNO5S/c1-6(2)4-7(3)17-11(14)8-5-9(10(12)18-8)19(13,15)16/h5-7H,4H2,1-3H3,(H2,13,15,16). The molecular weight excluding hydrogens is 338 g/mol. The normalized spacial score (nSPS) is 13.6. The van der Waals surface area contributed by atoms with Crippen molar-refractivity contribution in [3.05, 3.63) is 16.5 Å². The number of carbonyl (C=O) groups is 1. The second-order valence-corrected chi connectivity index (χ2v) is 6.89. The molecule has 0 aliphatic heterocycles. The Hall–Kier alpha value is -0.860. The van der Waals surface area contributed by atoms with Gasteiger partial charge in [0.1, 0.15) is 4.90 Å². The molecule has 0 aliphatic carbocycles. The summed E-state index contributed by atoms with van der Waals surface area (Å²) in [5, 5.41) is 4.97. The molecule has 0 fully saturated rings. The summed E-state index contributed by atoms with van der Waals surface area (Å²) in [5.74, 6) is -0.540. The van der Waals surface area contributed by atoms with Crippen LogP contribution in [0.2, 0.25) is 0 Å². The first-order valence-electron chi connectivity index (χ1n) is 5.64. The molecule has 0 aromatic carbocycles. The van der Waals surface area contributed by atoms with Gasteiger partial charge in [0.2, 0.25) is 15.8 Å². The van der Waals surface area contributed by atoms with E-state index in [0.29, 0.717) is 12.3 Å². The van der Waals surface area contributed by atoms with Crippen LogP contribution >= 0.6 is 15.9 Å². The molecule has 0 spiro atoms. The van der Waals surface area contributed by atoms with Gasteiger partial charge in [-0.05, 0) is 35.2 Å². The quantitative estimate of drug-likeness (QED) is 0.818. The van der Waals surface area contributed by atoms with Crippen LogP contribution in [0.3, 0.4) is 0 Å². The third-order valence-corrected chi connectivity index (χ3v) is 4.04. The summed E-state index contributed by atoms with van der Waals surface area (Å²) in [4.78, 5) is 11.5. The molecule has 1 rings (SSSR count). The SMILES string of the molecule is CC(C)CC(C)OC(=O)c1cc(S(N)(=O)=O)c(Br)o1. The van der Waals surface area contributed by atoms with E-state index in [1.165, 1.54) is 0 Å². The van der Waals surface area contributed by atoms with E-state index in [4.69, 9.17) is 14.3 Å². The summed E-state index contributed by atoms with van der Waals surface area (Å²) < 4.78 is 32.4. The predicted octanol–water partition coefficient (Wildman–Crippen LogP) is 2.28. The molecule has 0 aliphatic rings. The van der Waals surface area contributed by atoms with E-state index in [2.05, 4.69) is 15.9 Å². The zero-order valence-corrected chi connectivity index (χ0v) is 13.2. The number of sulfonamides is 1. The van der Waals surface area contributed by atoms with Crippen molar-refractivity contribution in [2.45, 2.75) is 38.2 Å². The summed E-state index contributed by atoms with van der Waals surface area (Å²) >= 11 is 2.89. The Morgan fingerprint density at radius 2 is 2.05 bits per heavy atom. The van der Waals surface area contributed by atoms with Crippen LogP contribution in [0, 0.1) is 5.92 Å². The van der Waals surface area contributed by atoms with Gasteiger partial charge in [-0.3, -0.25) is 0 Å². The molecule has 1 aromatic rings. The van der Waals surface area contributed by atoms with Crippen LogP contribution in [-0.2, 0) is 14.8 Å². The van der Waals surface area contributed by atoms with E-state index in [0.717, 1.165) is 6.07 Å². The van der Waals surface area contributed by atoms with E-state index in [1.54, 1.807) is 6.92 Å². The smallest absolute Gasteiger partial charge is 0.374 e. The maximum atomic E-state index is 11.8. The van der Waals surface area contributed by atoms with Gasteiger partial charge in [-0.1, -0.05) is 13.8 Å². The Bertz CT molecular complexity index is 564. The number of carbonyl (C=O) groups excluding carboxylic acids is 1. The summed E-state index contributed by atoms with van der Waals surface area (Å²) in [6, 6.07) is 1.05. The van der Waals surface area contributed by atoms with Crippen LogP contribution in [0.25, 0.3) is 0 Å². The second-order valence-electron chi connectivity index (χ2n) is 4.64. The Morgan fingerprint density at radius 3 is 2.47 bits per heavy atom. The first-order valence-corrected chi connectivity index (χ1v) is 7.98. The number of ether oxygens (including phenoxy) is 1. The van der Waals surface area contributed by atoms with Crippen LogP contribution in [-0.4, -0.2) is 20.5 Å². The number of hydrogen-bond acceptors (Lipinski definition) is 5. The van der Waals surface area contributed by atoms with Crippen molar-refractivity contribution in [3.63, 3.8) is 0 Å². The number of halogens is 1. The van der Waals surface area contributed by atoms with Gasteiger partial charge in [0.15, 0.2) is 4.67 Å². The highest BCUT2D eigenvalue weighted by molar-refractivity contribution is 9.10. The number of furan rings is 1. The van der Waals surface area contributed by atoms with Crippen molar-refractivity contribution in [3.8, 4) is 0 Å². The highest BCUT2D eigenvalue weighted by Crippen LogP contribution is 2.26. The molecule has 1 unspecified atom stereocenters. The Labute approximate surface area is 120 Å². The Balaban J connectivity index is 2.85. The molecule has 1 heterocycles. The van der Waals surface area contributed by atoms with Gasteiger partial charge in [0.05, 0.1) is 6.10 Å². The minimum Gasteiger partial charge on any atom is -0.457 e. The molecule has 0 bridgehead atoms. The fraction of sp³-hybridized carbons (Fsp3) is 0.545. The zero-order valence-electron chi connectivity index (χ0n) is 10.8. The summed E-state index contributed by atoms with van der Waals surface area (Å²) in [6.07, 6.45) is 0.421. The molecule has 2 N–H and O–H groups in total. The third kappa shape index (κ3) is 4.63. The lowest BCUT2D eigenvalue weighted by molar-refractivity contribution is 0.0262. The predicted molar refractivity (Wildman–Crippen MR) is 72.1 cm³/mol. The molecule has 6 nitrogen and oxygen atoms in total. The van der Waals surface area contributed by atoms with Crippen molar-refractivity contribution in [1.29, 1.82) is 0 Å². The van der Waals surface area contributed by atoms with Crippen molar-refractivity contribution in [2.75, 3.05) is 0 Å². The van der Waals surface area contributed by atoms with Crippen molar-refractivity contribution in [2.24, 2.45) is 11.1 Å². The summed E-state index contributed by atoms with van der Waals surface area (Å²) in [6.45, 7) is 5.77. The van der Waals surface area contributed by atoms with E-state index < -0.39 is 16.0 Å². The first-order chi connectivity index (χ1) is 8.61. The highest BCUT2D eigenvalue weighted by atomic mass is 79.9. The average Bonchev–Trinajstić information content (AvgIpc) is 2.58. The van der Waals surface area contributed by atoms with Gasteiger partial charge in [-0.15, -0.1) is 0 Å². The minimum absolute atomic E-state index is 0.113. The number of primary sulfonamides is 1. The average molecular weight is 354 g/mol. The topological polar surface area (TPSA) is 99.6 Å². The van der Waals surface area contributed by atoms with E-state index in [9.17, 15) is 13.2 Å². The Kier molecular flexibility index (Phi) is 5.17. The monoisotopic (exact) mass is 353 g/mol. The Morgan fingerprint density at radius 1 is 1.47 bits per heavy atom. The largest absolute Gasteiger partial charge is 0.457 e. The first kappa shape index (κ1) is 16.2. The molecular formula is C11H16BrNO5S. The molecule has 0 saturated heterocycles. The molecule has 8 heteroatoms. The maximum absolute atomic E-state index is 11.8. The molecule has 0 saturated carbocycles. The van der Waals surface area contributed by atoms with Gasteiger partial charge in [0.25, 0.3) is 0 Å². The van der Waals surface area contributed by atoms with Crippen LogP contribution in [0.5, 0.6) is 0 Å². The molecule has 0 radical (unpaired) electrons. The van der Waals surface area contributed by atoms with E-state index >= 15 is 0 Å². The fourth-order valence-electron chi connectivity index (χ4n) is 1.60. The van der Waals surface area contributed by atoms with Crippen molar-refractivity contribution < 1.29 is 22.4 Å². The van der Waals surface area contributed by atoms with Crippen LogP contribution in [0.4, 0.5) is 0 Å². The lowest BCUT2D eigenvalue weighted by Gasteiger charge is -2.13. The van der Waals surface area contributed by atoms with Gasteiger partial charge in [0, 0.05) is 6.07 Å². The minimum atomic E-state index is -3.94. The molecule has 108 valence electrons. The molecule has 1 atom stereocenters. The van der Waals surface area contributed by atoms with Gasteiger partial charge in [-0.2, -0.15) is 0 Å². The van der Waals surface area contributed by atoms with E-state index in [-0.39, 0.29) is 21.4 Å². The van der Waals surface area contributed by atoms with Gasteiger partial charge in [-0.25, -0.2) is 18.4 Å². The number of nitrogens with two attached hydrogens (primary N) is 1. The second kappa shape index (κ2) is 6.06. The fourth-order valence-corrected chi connectivity index (χ4v) is 3.10. The zero-order chi connectivity index (χ0) is 14.8. The van der Waals surface area contributed by atoms with Crippen LogP contribution < -0.4 is 5.14 Å². The molecule has 1 aromatic heterocycles. The maximum Gasteiger partial charge on any atom is 0.374 e. The summed E-state index contributed by atoms with van der Waals surface area (Å²) in [7, 11) is -3.94. The molecule has 0 amide bonds. The number of rotatable bonds is 5. The van der Waals surface area contributed by atoms with Crippen LogP contribution in [0.15, 0.2) is 20.0 Å². The third-order valence-electron chi connectivity index (χ3n) is 2.27. The van der Waals surface area contributed by atoms with Crippen molar-refractivity contribution in [1.82, 2.24) is 0 Å². The van der Waals surface area contributed by atoms with Crippen LogP contribution in [0.1, 0.15) is 37.7 Å². The van der Waals surface area contributed by atoms with E-state index in [1.807, 2.05) is 13.8 Å². The summed E-state index contributed by atoms with van der Waals surface area (Å²) in [5.41, 5.74) is 0. The van der Waals surface area contributed by atoms with Gasteiger partial charge >= 0.3 is 5.97 Å². The number of hydrogen-bond donors (Lipinski definition) is 1. The highest BCUT2D eigenvalue weighted by Gasteiger charge is 2.24. The lowest BCUT2D eigenvalue weighted by Crippen LogP contribution is -2.16.